The lowest BCUT2D eigenvalue weighted by Crippen LogP contribution is -2.08. The van der Waals surface area contributed by atoms with Crippen LogP contribution in [-0.4, -0.2) is 9.49 Å². The monoisotopic (exact) mass is 268 g/mol. The summed E-state index contributed by atoms with van der Waals surface area (Å²) in [7, 11) is 0. The molecule has 0 spiro atoms. The fourth-order valence-electron chi connectivity index (χ4n) is 0.667. The first-order chi connectivity index (χ1) is 6.01. The van der Waals surface area contributed by atoms with Crippen molar-refractivity contribution in [2.24, 2.45) is 0 Å². The van der Waals surface area contributed by atoms with Gasteiger partial charge in [-0.25, -0.2) is 0 Å². The van der Waals surface area contributed by atoms with Gasteiger partial charge in [-0.2, -0.15) is 0 Å². The lowest BCUT2D eigenvalue weighted by atomic mass is 10.3. The molecular weight excluding hydrogens is 248 g/mol. The van der Waals surface area contributed by atoms with E-state index in [-0.39, 0.29) is 9.49 Å². The van der Waals surface area contributed by atoms with E-state index in [1.54, 1.807) is 23.5 Å². The summed E-state index contributed by atoms with van der Waals surface area (Å²) in [5, 5.41) is 0. The summed E-state index contributed by atoms with van der Waals surface area (Å²) in [4.78, 5) is 0. The zero-order valence-electron chi connectivity index (χ0n) is 9.71. The molecule has 0 N–H and O–H groups in total. The minimum atomic E-state index is 0.198. The molecule has 0 aliphatic rings. The van der Waals surface area contributed by atoms with E-state index in [1.807, 2.05) is 0 Å². The van der Waals surface area contributed by atoms with E-state index in [0.29, 0.717) is 0 Å². The first-order valence-electron chi connectivity index (χ1n) is 4.51. The SMILES string of the molecule is CC(C)(C)SC(S)=C(S)SC(C)(C)C. The Hall–Kier alpha value is 1.14. The fourth-order valence-corrected chi connectivity index (χ4v) is 4.17. The lowest BCUT2D eigenvalue weighted by Gasteiger charge is -2.22. The van der Waals surface area contributed by atoms with Crippen molar-refractivity contribution in [1.29, 1.82) is 0 Å². The summed E-state index contributed by atoms with van der Waals surface area (Å²) in [5.74, 6) is 0. The molecule has 0 aliphatic carbocycles. The molecule has 4 heteroatoms. The van der Waals surface area contributed by atoms with Crippen molar-refractivity contribution in [3.05, 3.63) is 8.47 Å². The molecule has 0 radical (unpaired) electrons. The van der Waals surface area contributed by atoms with E-state index in [0.717, 1.165) is 8.47 Å². The van der Waals surface area contributed by atoms with Crippen molar-refractivity contribution in [1.82, 2.24) is 0 Å². The molecule has 0 aliphatic heterocycles. The van der Waals surface area contributed by atoms with Gasteiger partial charge < -0.3 is 0 Å². The minimum Gasteiger partial charge on any atom is -0.135 e. The van der Waals surface area contributed by atoms with Gasteiger partial charge in [0.05, 0.1) is 8.47 Å². The molecule has 0 rings (SSSR count). The number of thioether (sulfide) groups is 2. The Morgan fingerprint density at radius 1 is 0.714 bits per heavy atom. The normalized spacial score (nSPS) is 15.4. The third-order valence-corrected chi connectivity index (χ3v) is 4.61. The average Bonchev–Trinajstić information content (AvgIpc) is 1.78. The van der Waals surface area contributed by atoms with Crippen LogP contribution in [0.25, 0.3) is 0 Å². The maximum atomic E-state index is 4.48. The summed E-state index contributed by atoms with van der Waals surface area (Å²) in [5.41, 5.74) is 0. The Balaban J connectivity index is 4.45. The zero-order chi connectivity index (χ0) is 11.6. The molecule has 0 saturated carbocycles. The third-order valence-electron chi connectivity index (χ3n) is 0.989. The van der Waals surface area contributed by atoms with E-state index in [2.05, 4.69) is 66.8 Å². The molecule has 0 aromatic carbocycles. The van der Waals surface area contributed by atoms with Crippen LogP contribution in [0.2, 0.25) is 0 Å². The molecule has 0 fully saturated rings. The predicted octanol–water partition coefficient (Wildman–Crippen LogP) is 5.04. The molecule has 0 amide bonds. The first kappa shape index (κ1) is 15.1. The highest BCUT2D eigenvalue weighted by molar-refractivity contribution is 8.22. The van der Waals surface area contributed by atoms with Crippen molar-refractivity contribution < 1.29 is 0 Å². The average molecular weight is 269 g/mol. The van der Waals surface area contributed by atoms with Crippen molar-refractivity contribution in [2.75, 3.05) is 0 Å². The summed E-state index contributed by atoms with van der Waals surface area (Å²) >= 11 is 12.5. The van der Waals surface area contributed by atoms with Crippen LogP contribution in [-0.2, 0) is 0 Å². The summed E-state index contributed by atoms with van der Waals surface area (Å²) < 4.78 is 2.43. The van der Waals surface area contributed by atoms with E-state index in [1.165, 1.54) is 0 Å². The van der Waals surface area contributed by atoms with Crippen LogP contribution in [0.15, 0.2) is 8.47 Å². The molecule has 84 valence electrons. The molecule has 0 saturated heterocycles. The van der Waals surface area contributed by atoms with Crippen LogP contribution >= 0.6 is 48.8 Å². The summed E-state index contributed by atoms with van der Waals surface area (Å²) in [6.45, 7) is 13.1. The second kappa shape index (κ2) is 5.46. The fraction of sp³-hybridized carbons (Fsp3) is 0.800. The van der Waals surface area contributed by atoms with E-state index in [4.69, 9.17) is 0 Å². The quantitative estimate of drug-likeness (QED) is 0.674. The van der Waals surface area contributed by atoms with Crippen molar-refractivity contribution >= 4 is 48.8 Å². The van der Waals surface area contributed by atoms with E-state index in [9.17, 15) is 0 Å². The van der Waals surface area contributed by atoms with Crippen LogP contribution in [0.3, 0.4) is 0 Å². The Kier molecular flexibility index (Phi) is 5.91. The van der Waals surface area contributed by atoms with Gasteiger partial charge in [-0.15, -0.1) is 48.8 Å². The Labute approximate surface area is 108 Å². The van der Waals surface area contributed by atoms with Gasteiger partial charge in [-0.3, -0.25) is 0 Å². The van der Waals surface area contributed by atoms with Gasteiger partial charge in [-0.1, -0.05) is 41.5 Å². The van der Waals surface area contributed by atoms with Crippen LogP contribution in [0.4, 0.5) is 0 Å². The molecule has 0 heterocycles. The van der Waals surface area contributed by atoms with Crippen LogP contribution in [0.1, 0.15) is 41.5 Å². The van der Waals surface area contributed by atoms with Gasteiger partial charge >= 0.3 is 0 Å². The molecule has 0 aromatic rings. The van der Waals surface area contributed by atoms with Gasteiger partial charge in [0, 0.05) is 9.49 Å². The van der Waals surface area contributed by atoms with Crippen molar-refractivity contribution in [3.8, 4) is 0 Å². The Morgan fingerprint density at radius 2 is 0.929 bits per heavy atom. The molecule has 0 bridgehead atoms. The lowest BCUT2D eigenvalue weighted by molar-refractivity contribution is 0.805. The maximum Gasteiger partial charge on any atom is 0.0574 e. The number of hydrogen-bond donors (Lipinski definition) is 2. The predicted molar refractivity (Wildman–Crippen MR) is 79.7 cm³/mol. The zero-order valence-corrected chi connectivity index (χ0v) is 13.1. The highest BCUT2D eigenvalue weighted by atomic mass is 32.2. The van der Waals surface area contributed by atoms with Crippen molar-refractivity contribution in [3.63, 3.8) is 0 Å². The molecule has 0 atom stereocenters. The second-order valence-corrected chi connectivity index (χ2v) is 10.2. The Bertz CT molecular complexity index is 193. The summed E-state index contributed by atoms with van der Waals surface area (Å²) in [6, 6.07) is 0. The smallest absolute Gasteiger partial charge is 0.0574 e. The molecular formula is C10H20S4. The highest BCUT2D eigenvalue weighted by Gasteiger charge is 2.18. The second-order valence-electron chi connectivity index (χ2n) is 5.04. The third kappa shape index (κ3) is 8.45. The van der Waals surface area contributed by atoms with E-state index < -0.39 is 0 Å². The highest BCUT2D eigenvalue weighted by Crippen LogP contribution is 2.43. The molecule has 14 heavy (non-hydrogen) atoms. The number of rotatable bonds is 2. The van der Waals surface area contributed by atoms with Gasteiger partial charge in [0.25, 0.3) is 0 Å². The van der Waals surface area contributed by atoms with Crippen LogP contribution in [0.5, 0.6) is 0 Å². The molecule has 0 unspecified atom stereocenters. The van der Waals surface area contributed by atoms with Gasteiger partial charge in [0.15, 0.2) is 0 Å². The van der Waals surface area contributed by atoms with Crippen molar-refractivity contribution in [2.45, 2.75) is 51.0 Å². The standard InChI is InChI=1S/C10H20S4/c1-9(2,3)13-7(11)8(12)14-10(4,5)6/h11-12H,1-6H3. The van der Waals surface area contributed by atoms with Gasteiger partial charge in [0.2, 0.25) is 0 Å². The Morgan fingerprint density at radius 3 is 1.07 bits per heavy atom. The molecule has 0 nitrogen and oxygen atoms in total. The molecule has 0 aromatic heterocycles. The van der Waals surface area contributed by atoms with E-state index >= 15 is 0 Å². The van der Waals surface area contributed by atoms with Gasteiger partial charge in [0.1, 0.15) is 0 Å². The van der Waals surface area contributed by atoms with Crippen LogP contribution < -0.4 is 0 Å². The van der Waals surface area contributed by atoms with Crippen LogP contribution in [0, 0.1) is 0 Å². The first-order valence-corrected chi connectivity index (χ1v) is 7.04. The summed E-state index contributed by atoms with van der Waals surface area (Å²) in [6.07, 6.45) is 0. The number of hydrogen-bond acceptors (Lipinski definition) is 4. The van der Waals surface area contributed by atoms with Gasteiger partial charge in [-0.05, 0) is 0 Å². The maximum absolute atomic E-state index is 4.48. The largest absolute Gasteiger partial charge is 0.135 e. The number of thiol groups is 2. The minimum absolute atomic E-state index is 0.198. The topological polar surface area (TPSA) is 0 Å².